The van der Waals surface area contributed by atoms with E-state index in [0.717, 1.165) is 5.56 Å². The monoisotopic (exact) mass is 516 g/mol. The zero-order valence-electron chi connectivity index (χ0n) is 19.2. The fourth-order valence-corrected chi connectivity index (χ4v) is 4.00. The highest BCUT2D eigenvalue weighted by molar-refractivity contribution is 9.10. The SMILES string of the molecule is COc1cc(Br)c(O)c(-c2cc(-c3cc(C)cc(OC)c3OC(C)=O)c(OC)cc2OC)c1. The Bertz CT molecular complexity index is 1200. The Balaban J connectivity index is 2.40. The van der Waals surface area contributed by atoms with Crippen LogP contribution in [0.15, 0.2) is 40.9 Å². The molecule has 0 aliphatic rings. The number of aryl methyl sites for hydroxylation is 1. The number of ether oxygens (including phenoxy) is 5. The van der Waals surface area contributed by atoms with E-state index in [4.69, 9.17) is 23.7 Å². The van der Waals surface area contributed by atoms with Crippen LogP contribution < -0.4 is 23.7 Å². The third kappa shape index (κ3) is 4.85. The van der Waals surface area contributed by atoms with Crippen molar-refractivity contribution in [1.29, 1.82) is 0 Å². The molecule has 0 atom stereocenters. The van der Waals surface area contributed by atoms with Crippen molar-refractivity contribution >= 4 is 21.9 Å². The van der Waals surface area contributed by atoms with E-state index >= 15 is 0 Å². The Morgan fingerprint density at radius 3 is 1.91 bits per heavy atom. The Labute approximate surface area is 200 Å². The summed E-state index contributed by atoms with van der Waals surface area (Å²) in [5.74, 6) is 1.71. The van der Waals surface area contributed by atoms with E-state index in [9.17, 15) is 9.90 Å². The number of halogens is 1. The second-order valence-electron chi connectivity index (χ2n) is 7.20. The van der Waals surface area contributed by atoms with Crippen LogP contribution >= 0.6 is 15.9 Å². The lowest BCUT2D eigenvalue weighted by atomic mass is 9.94. The van der Waals surface area contributed by atoms with Crippen LogP contribution in [0.4, 0.5) is 0 Å². The Hall–Kier alpha value is -3.39. The van der Waals surface area contributed by atoms with Gasteiger partial charge in [-0.3, -0.25) is 4.79 Å². The summed E-state index contributed by atoms with van der Waals surface area (Å²) in [6.45, 7) is 3.23. The second kappa shape index (κ2) is 10.0. The molecule has 7 nitrogen and oxygen atoms in total. The molecule has 0 amide bonds. The maximum Gasteiger partial charge on any atom is 0.308 e. The summed E-state index contributed by atoms with van der Waals surface area (Å²) < 4.78 is 28.1. The highest BCUT2D eigenvalue weighted by Crippen LogP contribution is 2.49. The van der Waals surface area contributed by atoms with E-state index in [0.29, 0.717) is 49.7 Å². The lowest BCUT2D eigenvalue weighted by Gasteiger charge is -2.20. The third-order valence-corrected chi connectivity index (χ3v) is 5.64. The van der Waals surface area contributed by atoms with Gasteiger partial charge in [-0.05, 0) is 58.7 Å². The molecule has 0 aliphatic heterocycles. The molecule has 3 aromatic rings. The maximum atomic E-state index is 11.9. The van der Waals surface area contributed by atoms with Gasteiger partial charge in [-0.25, -0.2) is 0 Å². The van der Waals surface area contributed by atoms with E-state index < -0.39 is 5.97 Å². The van der Waals surface area contributed by atoms with Gasteiger partial charge in [0.2, 0.25) is 0 Å². The van der Waals surface area contributed by atoms with Crippen LogP contribution in [0.3, 0.4) is 0 Å². The van der Waals surface area contributed by atoms with Crippen molar-refractivity contribution in [2.45, 2.75) is 13.8 Å². The van der Waals surface area contributed by atoms with E-state index in [1.165, 1.54) is 28.3 Å². The van der Waals surface area contributed by atoms with Crippen LogP contribution in [-0.4, -0.2) is 39.5 Å². The quantitative estimate of drug-likeness (QED) is 0.315. The van der Waals surface area contributed by atoms with Gasteiger partial charge in [-0.2, -0.15) is 0 Å². The van der Waals surface area contributed by atoms with Crippen LogP contribution in [0.1, 0.15) is 12.5 Å². The normalized spacial score (nSPS) is 10.5. The molecule has 0 radical (unpaired) electrons. The number of phenolic OH excluding ortho intramolecular Hbond substituents is 1. The van der Waals surface area contributed by atoms with Crippen molar-refractivity contribution in [3.05, 3.63) is 46.4 Å². The number of esters is 1. The molecule has 33 heavy (non-hydrogen) atoms. The molecule has 8 heteroatoms. The first-order chi connectivity index (χ1) is 15.7. The largest absolute Gasteiger partial charge is 0.506 e. The van der Waals surface area contributed by atoms with Gasteiger partial charge in [0.05, 0.1) is 32.9 Å². The summed E-state index contributed by atoms with van der Waals surface area (Å²) in [6, 6.07) is 10.5. The number of rotatable bonds is 7. The number of hydrogen-bond acceptors (Lipinski definition) is 7. The van der Waals surface area contributed by atoms with Crippen molar-refractivity contribution in [2.75, 3.05) is 28.4 Å². The van der Waals surface area contributed by atoms with Crippen molar-refractivity contribution < 1.29 is 33.6 Å². The molecule has 1 N–H and O–H groups in total. The van der Waals surface area contributed by atoms with E-state index in [1.807, 2.05) is 13.0 Å². The predicted molar refractivity (Wildman–Crippen MR) is 129 cm³/mol. The number of aromatic hydroxyl groups is 1. The van der Waals surface area contributed by atoms with Crippen molar-refractivity contribution in [1.82, 2.24) is 0 Å². The van der Waals surface area contributed by atoms with Crippen LogP contribution in [-0.2, 0) is 4.79 Å². The molecule has 0 aliphatic carbocycles. The Morgan fingerprint density at radius 2 is 1.36 bits per heavy atom. The first kappa shape index (κ1) is 24.3. The topological polar surface area (TPSA) is 83.5 Å². The first-order valence-electron chi connectivity index (χ1n) is 9.94. The van der Waals surface area contributed by atoms with Gasteiger partial charge >= 0.3 is 5.97 Å². The van der Waals surface area contributed by atoms with Crippen LogP contribution in [0.5, 0.6) is 34.5 Å². The summed E-state index contributed by atoms with van der Waals surface area (Å²) in [6.07, 6.45) is 0. The minimum Gasteiger partial charge on any atom is -0.506 e. The van der Waals surface area contributed by atoms with Gasteiger partial charge < -0.3 is 28.8 Å². The number of hydrogen-bond donors (Lipinski definition) is 1. The summed E-state index contributed by atoms with van der Waals surface area (Å²) in [5.41, 5.74) is 3.16. The van der Waals surface area contributed by atoms with Gasteiger partial charge in [-0.15, -0.1) is 0 Å². The van der Waals surface area contributed by atoms with Gasteiger partial charge in [0.15, 0.2) is 11.5 Å². The highest BCUT2D eigenvalue weighted by atomic mass is 79.9. The van der Waals surface area contributed by atoms with Gasteiger partial charge in [0.25, 0.3) is 0 Å². The first-order valence-corrected chi connectivity index (χ1v) is 10.7. The Morgan fingerprint density at radius 1 is 0.758 bits per heavy atom. The van der Waals surface area contributed by atoms with Crippen LogP contribution in [0, 0.1) is 6.92 Å². The maximum absolute atomic E-state index is 11.9. The number of carbonyl (C=O) groups excluding carboxylic acids is 1. The molecular formula is C25H25BrO7. The number of phenols is 1. The molecular weight excluding hydrogens is 492 g/mol. The van der Waals surface area contributed by atoms with Gasteiger partial charge in [-0.1, -0.05) is 0 Å². The number of methoxy groups -OCH3 is 4. The summed E-state index contributed by atoms with van der Waals surface area (Å²) in [5, 5.41) is 10.8. The minimum atomic E-state index is -0.486. The molecule has 0 heterocycles. The standard InChI is InChI=1S/C25H25BrO7/c1-13-7-19(25(33-14(2)27)23(8-13)32-6)17-11-16(21(30-4)12-22(17)31-5)18-9-15(29-3)10-20(26)24(18)28/h7-12,28H,1-6H3. The van der Waals surface area contributed by atoms with E-state index in [2.05, 4.69) is 15.9 Å². The molecule has 3 rings (SSSR count). The molecule has 0 aromatic heterocycles. The molecule has 174 valence electrons. The molecule has 0 saturated carbocycles. The predicted octanol–water partition coefficient (Wildman–Crippen LogP) is 5.76. The zero-order valence-corrected chi connectivity index (χ0v) is 20.8. The third-order valence-electron chi connectivity index (χ3n) is 5.04. The van der Waals surface area contributed by atoms with Crippen LogP contribution in [0.25, 0.3) is 22.3 Å². The molecule has 3 aromatic carbocycles. The highest BCUT2D eigenvalue weighted by Gasteiger charge is 2.23. The van der Waals surface area contributed by atoms with E-state index in [-0.39, 0.29) is 11.5 Å². The average Bonchev–Trinajstić information content (AvgIpc) is 2.80. The molecule has 0 spiro atoms. The Kier molecular flexibility index (Phi) is 7.38. The fourth-order valence-electron chi connectivity index (χ4n) is 3.56. The zero-order chi connectivity index (χ0) is 24.3. The van der Waals surface area contributed by atoms with E-state index in [1.54, 1.807) is 37.4 Å². The van der Waals surface area contributed by atoms with Crippen molar-refractivity contribution in [3.63, 3.8) is 0 Å². The lowest BCUT2D eigenvalue weighted by molar-refractivity contribution is -0.131. The molecule has 0 bridgehead atoms. The smallest absolute Gasteiger partial charge is 0.308 e. The molecule has 0 unspecified atom stereocenters. The molecule has 0 fully saturated rings. The summed E-state index contributed by atoms with van der Waals surface area (Å²) in [4.78, 5) is 11.9. The lowest BCUT2D eigenvalue weighted by Crippen LogP contribution is -2.05. The number of carbonyl (C=O) groups is 1. The second-order valence-corrected chi connectivity index (χ2v) is 8.05. The van der Waals surface area contributed by atoms with Crippen LogP contribution in [0.2, 0.25) is 0 Å². The van der Waals surface area contributed by atoms with Crippen molar-refractivity contribution in [3.8, 4) is 56.8 Å². The molecule has 0 saturated heterocycles. The fraction of sp³-hybridized carbons (Fsp3) is 0.240. The summed E-state index contributed by atoms with van der Waals surface area (Å²) >= 11 is 3.37. The van der Waals surface area contributed by atoms with Crippen molar-refractivity contribution in [2.24, 2.45) is 0 Å². The van der Waals surface area contributed by atoms with Gasteiger partial charge in [0, 0.05) is 35.2 Å². The summed E-state index contributed by atoms with van der Waals surface area (Å²) in [7, 11) is 6.12. The number of benzene rings is 3. The average molecular weight is 517 g/mol. The minimum absolute atomic E-state index is 0.0206. The van der Waals surface area contributed by atoms with Gasteiger partial charge in [0.1, 0.15) is 23.0 Å².